The van der Waals surface area contributed by atoms with Gasteiger partial charge in [0.15, 0.2) is 0 Å². The minimum absolute atomic E-state index is 0.413. The third kappa shape index (κ3) is 6.52. The van der Waals surface area contributed by atoms with Crippen LogP contribution in [0.25, 0.3) is 0 Å². The summed E-state index contributed by atoms with van der Waals surface area (Å²) in [7, 11) is 3.11. The van der Waals surface area contributed by atoms with Crippen LogP contribution < -0.4 is 30.6 Å². The predicted octanol–water partition coefficient (Wildman–Crippen LogP) is 4.58. The highest BCUT2D eigenvalue weighted by Crippen LogP contribution is 2.37. The molecule has 2 aromatic carbocycles. The number of nitrogen functional groups attached to an aromatic ring is 1. The van der Waals surface area contributed by atoms with Gasteiger partial charge in [0.25, 0.3) is 0 Å². The summed E-state index contributed by atoms with van der Waals surface area (Å²) in [6.45, 7) is 4.61. The summed E-state index contributed by atoms with van der Waals surface area (Å²) < 4.78 is 22.1. The van der Waals surface area contributed by atoms with Gasteiger partial charge in [-0.1, -0.05) is 23.2 Å². The topological polar surface area (TPSA) is 116 Å². The predicted molar refractivity (Wildman–Crippen MR) is 142 cm³/mol. The first kappa shape index (κ1) is 25.9. The molecule has 4 N–H and O–H groups in total. The van der Waals surface area contributed by atoms with Crippen LogP contribution >= 0.6 is 23.2 Å². The largest absolute Gasteiger partial charge is 0.495 e. The fourth-order valence-electron chi connectivity index (χ4n) is 3.63. The molecule has 2 heterocycles. The summed E-state index contributed by atoms with van der Waals surface area (Å²) >= 11 is 12.4. The second kappa shape index (κ2) is 12.2. The molecule has 1 aromatic heterocycles. The first-order chi connectivity index (χ1) is 17.5. The van der Waals surface area contributed by atoms with Crippen LogP contribution in [0.4, 0.5) is 28.7 Å². The van der Waals surface area contributed by atoms with E-state index >= 15 is 0 Å². The number of nitrogens with two attached hydrogens (primary N) is 1. The van der Waals surface area contributed by atoms with Crippen molar-refractivity contribution in [3.05, 3.63) is 46.7 Å². The van der Waals surface area contributed by atoms with Crippen molar-refractivity contribution >= 4 is 51.9 Å². The molecule has 3 aromatic rings. The molecule has 0 saturated carbocycles. The Morgan fingerprint density at radius 2 is 1.58 bits per heavy atom. The van der Waals surface area contributed by atoms with E-state index in [1.54, 1.807) is 37.4 Å². The lowest BCUT2D eigenvalue weighted by Gasteiger charge is -2.26. The van der Waals surface area contributed by atoms with E-state index in [1.165, 1.54) is 13.4 Å². The number of nitrogens with zero attached hydrogens (tertiary/aromatic N) is 3. The Morgan fingerprint density at radius 1 is 0.889 bits per heavy atom. The highest BCUT2D eigenvalue weighted by molar-refractivity contribution is 6.37. The van der Waals surface area contributed by atoms with Gasteiger partial charge >= 0.3 is 0 Å². The number of anilines is 5. The number of hydrogen-bond acceptors (Lipinski definition) is 10. The van der Waals surface area contributed by atoms with Crippen molar-refractivity contribution in [2.75, 3.05) is 70.0 Å². The van der Waals surface area contributed by atoms with Gasteiger partial charge in [0.05, 0.1) is 54.5 Å². The molecule has 0 spiro atoms. The van der Waals surface area contributed by atoms with Crippen LogP contribution in [0.1, 0.15) is 0 Å². The van der Waals surface area contributed by atoms with Crippen molar-refractivity contribution in [1.82, 2.24) is 14.9 Å². The van der Waals surface area contributed by atoms with Gasteiger partial charge in [-0.05, 0) is 12.1 Å². The lowest BCUT2D eigenvalue weighted by atomic mass is 10.2. The molecule has 4 rings (SSSR count). The molecule has 10 nitrogen and oxygen atoms in total. The van der Waals surface area contributed by atoms with Gasteiger partial charge in [-0.15, -0.1) is 0 Å². The molecule has 192 valence electrons. The Labute approximate surface area is 219 Å². The highest BCUT2D eigenvalue weighted by Gasteiger charge is 2.14. The van der Waals surface area contributed by atoms with E-state index in [2.05, 4.69) is 25.5 Å². The highest BCUT2D eigenvalue weighted by atomic mass is 35.5. The van der Waals surface area contributed by atoms with Crippen molar-refractivity contribution in [2.24, 2.45) is 0 Å². The van der Waals surface area contributed by atoms with E-state index in [1.807, 2.05) is 0 Å². The van der Waals surface area contributed by atoms with Crippen LogP contribution in [0.2, 0.25) is 10.0 Å². The van der Waals surface area contributed by atoms with E-state index in [-0.39, 0.29) is 0 Å². The van der Waals surface area contributed by atoms with Crippen LogP contribution in [0.5, 0.6) is 17.2 Å². The van der Waals surface area contributed by atoms with Crippen LogP contribution in [0.15, 0.2) is 36.7 Å². The average Bonchev–Trinajstić information content (AvgIpc) is 2.88. The van der Waals surface area contributed by atoms with Crippen molar-refractivity contribution in [2.45, 2.75) is 0 Å². The standard InChI is InChI=1S/C24H28Cl2N6O4/c1-33-20-11-18(15(25)9-16(20)26)30-23-13-24(29-14-28-23)31-19-10-17(27)21(12-22(19)34-2)36-8-5-32-3-6-35-7-4-32/h9-14H,3-8,27H2,1-2H3,(H2,28,29,30,31). The van der Waals surface area contributed by atoms with Gasteiger partial charge in [-0.2, -0.15) is 0 Å². The number of morpholine rings is 1. The number of methoxy groups -OCH3 is 2. The number of rotatable bonds is 10. The smallest absolute Gasteiger partial charge is 0.146 e. The monoisotopic (exact) mass is 534 g/mol. The van der Waals surface area contributed by atoms with E-state index < -0.39 is 0 Å². The maximum absolute atomic E-state index is 6.32. The first-order valence-corrected chi connectivity index (χ1v) is 12.0. The maximum Gasteiger partial charge on any atom is 0.146 e. The molecule has 12 heteroatoms. The van der Waals surface area contributed by atoms with Crippen LogP contribution in [-0.4, -0.2) is 68.5 Å². The molecule has 0 bridgehead atoms. The SMILES string of the molecule is COc1cc(Nc2cc(Nc3cc(N)c(OCCN4CCOCC4)cc3OC)ncn2)c(Cl)cc1Cl. The molecule has 0 aliphatic carbocycles. The third-order valence-corrected chi connectivity index (χ3v) is 6.14. The number of ether oxygens (including phenoxy) is 4. The molecule has 1 aliphatic rings. The van der Waals surface area contributed by atoms with Gasteiger partial charge in [0.1, 0.15) is 41.8 Å². The summed E-state index contributed by atoms with van der Waals surface area (Å²) in [5, 5.41) is 7.21. The lowest BCUT2D eigenvalue weighted by molar-refractivity contribution is 0.0323. The summed E-state index contributed by atoms with van der Waals surface area (Å²) in [5.74, 6) is 2.63. The number of aromatic nitrogens is 2. The van der Waals surface area contributed by atoms with E-state index in [0.29, 0.717) is 62.6 Å². The Kier molecular flexibility index (Phi) is 8.76. The molecule has 0 radical (unpaired) electrons. The second-order valence-corrected chi connectivity index (χ2v) is 8.71. The first-order valence-electron chi connectivity index (χ1n) is 11.3. The Balaban J connectivity index is 1.45. The molecule has 1 saturated heterocycles. The van der Waals surface area contributed by atoms with Crippen molar-refractivity contribution in [1.29, 1.82) is 0 Å². The van der Waals surface area contributed by atoms with Gasteiger partial charge in [-0.3, -0.25) is 4.90 Å². The quantitative estimate of drug-likeness (QED) is 0.319. The molecule has 36 heavy (non-hydrogen) atoms. The van der Waals surface area contributed by atoms with Crippen LogP contribution in [-0.2, 0) is 4.74 Å². The molecule has 0 atom stereocenters. The second-order valence-electron chi connectivity index (χ2n) is 7.90. The van der Waals surface area contributed by atoms with E-state index in [0.717, 1.165) is 32.8 Å². The van der Waals surface area contributed by atoms with E-state index in [9.17, 15) is 0 Å². The minimum Gasteiger partial charge on any atom is -0.495 e. The Hall–Kier alpha value is -3.18. The van der Waals surface area contributed by atoms with Crippen molar-refractivity contribution in [3.63, 3.8) is 0 Å². The fraction of sp³-hybridized carbons (Fsp3) is 0.333. The number of hydrogen-bond donors (Lipinski definition) is 3. The molecular weight excluding hydrogens is 507 g/mol. The zero-order valence-electron chi connectivity index (χ0n) is 20.0. The lowest BCUT2D eigenvalue weighted by Crippen LogP contribution is -2.38. The number of benzene rings is 2. The zero-order chi connectivity index (χ0) is 25.5. The zero-order valence-corrected chi connectivity index (χ0v) is 21.5. The van der Waals surface area contributed by atoms with Gasteiger partial charge in [0.2, 0.25) is 0 Å². The van der Waals surface area contributed by atoms with Crippen molar-refractivity contribution in [3.8, 4) is 17.2 Å². The fourth-order valence-corrected chi connectivity index (χ4v) is 4.14. The maximum atomic E-state index is 6.32. The summed E-state index contributed by atoms with van der Waals surface area (Å²) in [6, 6.07) is 8.53. The Bertz CT molecular complexity index is 1190. The van der Waals surface area contributed by atoms with Gasteiger partial charge < -0.3 is 35.3 Å². The molecular formula is C24H28Cl2N6O4. The van der Waals surface area contributed by atoms with Gasteiger partial charge in [-0.25, -0.2) is 9.97 Å². The Morgan fingerprint density at radius 3 is 2.28 bits per heavy atom. The summed E-state index contributed by atoms with van der Waals surface area (Å²) in [6.07, 6.45) is 1.42. The third-order valence-electron chi connectivity index (χ3n) is 5.53. The molecule has 1 aliphatic heterocycles. The molecule has 0 amide bonds. The average molecular weight is 535 g/mol. The molecule has 1 fully saturated rings. The number of halogens is 2. The minimum atomic E-state index is 0.413. The van der Waals surface area contributed by atoms with Crippen molar-refractivity contribution < 1.29 is 18.9 Å². The van der Waals surface area contributed by atoms with Crippen LogP contribution in [0.3, 0.4) is 0 Å². The molecule has 0 unspecified atom stereocenters. The van der Waals surface area contributed by atoms with Crippen LogP contribution in [0, 0.1) is 0 Å². The van der Waals surface area contributed by atoms with E-state index in [4.69, 9.17) is 47.9 Å². The summed E-state index contributed by atoms with van der Waals surface area (Å²) in [4.78, 5) is 10.8. The van der Waals surface area contributed by atoms with Gasteiger partial charge in [0, 0.05) is 37.8 Å². The normalized spacial score (nSPS) is 13.8. The summed E-state index contributed by atoms with van der Waals surface area (Å²) in [5.41, 5.74) is 7.97. The number of nitrogens with one attached hydrogen (secondary N) is 2.